The summed E-state index contributed by atoms with van der Waals surface area (Å²) in [5.74, 6) is 1.12. The molecule has 0 bridgehead atoms. The van der Waals surface area contributed by atoms with Crippen LogP contribution in [0.25, 0.3) is 10.8 Å². The van der Waals surface area contributed by atoms with Gasteiger partial charge in [0.25, 0.3) is 0 Å². The first-order chi connectivity index (χ1) is 15.7. The quantitative estimate of drug-likeness (QED) is 0.573. The van der Waals surface area contributed by atoms with Gasteiger partial charge in [-0.2, -0.15) is 0 Å². The highest BCUT2D eigenvalue weighted by atomic mass is 16.5. The van der Waals surface area contributed by atoms with Crippen LogP contribution in [0.3, 0.4) is 0 Å². The molecule has 166 valence electrons. The predicted octanol–water partition coefficient (Wildman–Crippen LogP) is 5.00. The Hall–Kier alpha value is -2.85. The Bertz CT molecular complexity index is 1110. The van der Waals surface area contributed by atoms with E-state index >= 15 is 0 Å². The van der Waals surface area contributed by atoms with E-state index in [1.807, 2.05) is 30.1 Å². The van der Waals surface area contributed by atoms with Gasteiger partial charge in [-0.25, -0.2) is 0 Å². The zero-order chi connectivity index (χ0) is 22.1. The van der Waals surface area contributed by atoms with Gasteiger partial charge in [0, 0.05) is 13.1 Å². The van der Waals surface area contributed by atoms with Crippen molar-refractivity contribution in [2.45, 2.75) is 44.2 Å². The minimum Gasteiger partial charge on any atom is -0.496 e. The highest BCUT2D eigenvalue weighted by Crippen LogP contribution is 2.41. The first kappa shape index (κ1) is 21.0. The molecular weight excluding hydrogens is 396 g/mol. The van der Waals surface area contributed by atoms with E-state index < -0.39 is 0 Å². The van der Waals surface area contributed by atoms with E-state index in [0.29, 0.717) is 12.5 Å². The van der Waals surface area contributed by atoms with Crippen molar-refractivity contribution in [1.29, 1.82) is 0 Å². The molecule has 2 aliphatic rings. The molecule has 4 nitrogen and oxygen atoms in total. The first-order valence-corrected chi connectivity index (χ1v) is 11.8. The zero-order valence-electron chi connectivity index (χ0n) is 19.1. The summed E-state index contributed by atoms with van der Waals surface area (Å²) in [6.45, 7) is 2.26. The minimum atomic E-state index is 0.0504. The maximum atomic E-state index is 13.7. The Labute approximate surface area is 190 Å². The third-order valence-corrected chi connectivity index (χ3v) is 7.40. The summed E-state index contributed by atoms with van der Waals surface area (Å²) in [5, 5.41) is 2.35. The second kappa shape index (κ2) is 8.95. The number of likely N-dealkylation sites (tertiary alicyclic amines) is 1. The van der Waals surface area contributed by atoms with Crippen LogP contribution in [0, 0.1) is 0 Å². The van der Waals surface area contributed by atoms with Crippen molar-refractivity contribution in [3.63, 3.8) is 0 Å². The summed E-state index contributed by atoms with van der Waals surface area (Å²) in [4.78, 5) is 18.3. The van der Waals surface area contributed by atoms with E-state index in [4.69, 9.17) is 4.74 Å². The van der Waals surface area contributed by atoms with Crippen molar-refractivity contribution in [1.82, 2.24) is 9.80 Å². The number of hydrogen-bond acceptors (Lipinski definition) is 3. The number of carbonyl (C=O) groups is 1. The summed E-state index contributed by atoms with van der Waals surface area (Å²) in [6, 6.07) is 21.3. The molecule has 0 spiro atoms. The Kier molecular flexibility index (Phi) is 5.88. The molecule has 0 saturated carbocycles. The van der Waals surface area contributed by atoms with Crippen molar-refractivity contribution in [2.24, 2.45) is 0 Å². The van der Waals surface area contributed by atoms with Gasteiger partial charge in [-0.15, -0.1) is 0 Å². The normalized spacial score (nSPS) is 20.8. The fourth-order valence-electron chi connectivity index (χ4n) is 5.79. The Balaban J connectivity index is 1.49. The predicted molar refractivity (Wildman–Crippen MR) is 129 cm³/mol. The van der Waals surface area contributed by atoms with Crippen LogP contribution in [-0.2, 0) is 17.6 Å². The number of methoxy groups -OCH3 is 1. The maximum Gasteiger partial charge on any atom is 0.227 e. The topological polar surface area (TPSA) is 32.8 Å². The molecule has 0 radical (unpaired) electrons. The van der Waals surface area contributed by atoms with E-state index in [9.17, 15) is 4.79 Å². The minimum absolute atomic E-state index is 0.0504. The molecule has 1 fully saturated rings. The lowest BCUT2D eigenvalue weighted by molar-refractivity contribution is -0.133. The third-order valence-electron chi connectivity index (χ3n) is 7.40. The van der Waals surface area contributed by atoms with Gasteiger partial charge in [0.1, 0.15) is 5.75 Å². The molecule has 1 aliphatic carbocycles. The lowest BCUT2D eigenvalue weighted by Gasteiger charge is -2.44. The molecular formula is C28H32N2O2. The molecule has 3 aromatic rings. The number of hydrogen-bond donors (Lipinski definition) is 0. The van der Waals surface area contributed by atoms with Crippen molar-refractivity contribution >= 4 is 16.7 Å². The maximum absolute atomic E-state index is 13.7. The van der Waals surface area contributed by atoms with E-state index in [1.54, 1.807) is 7.11 Å². The molecule has 1 heterocycles. The monoisotopic (exact) mass is 428 g/mol. The zero-order valence-corrected chi connectivity index (χ0v) is 19.1. The summed E-state index contributed by atoms with van der Waals surface area (Å²) >= 11 is 0. The first-order valence-electron chi connectivity index (χ1n) is 11.8. The molecule has 0 unspecified atom stereocenters. The van der Waals surface area contributed by atoms with Crippen LogP contribution in [-0.4, -0.2) is 49.0 Å². The molecule has 1 amide bonds. The SMILES string of the molecule is COc1cccc2c1CC[C@H](N1CCCC1)[C@H]2N(C)C(=O)Cc1cccc2ccccc12. The van der Waals surface area contributed by atoms with Gasteiger partial charge in [0.05, 0.1) is 19.6 Å². The number of likely N-dealkylation sites (N-methyl/N-ethyl adjacent to an activating group) is 1. The van der Waals surface area contributed by atoms with Crippen LogP contribution in [0.5, 0.6) is 5.75 Å². The number of rotatable bonds is 5. The summed E-state index contributed by atoms with van der Waals surface area (Å²) in [7, 11) is 3.74. The average Bonchev–Trinajstić information content (AvgIpc) is 3.37. The molecule has 5 rings (SSSR count). The van der Waals surface area contributed by atoms with Crippen LogP contribution in [0.15, 0.2) is 60.7 Å². The van der Waals surface area contributed by atoms with E-state index in [-0.39, 0.29) is 11.9 Å². The standard InChI is InChI=1S/C28H32N2O2/c1-29(27(31)19-21-11-7-10-20-9-3-4-12-22(20)21)28-24-13-8-14-26(32-2)23(24)15-16-25(28)30-17-5-6-18-30/h3-4,7-14,25,28H,5-6,15-19H2,1-2H3/t25-,28-/m0/s1. The van der Waals surface area contributed by atoms with Crippen molar-refractivity contribution in [3.8, 4) is 5.75 Å². The molecule has 1 aliphatic heterocycles. The molecule has 3 aromatic carbocycles. The Morgan fingerprint density at radius 3 is 2.59 bits per heavy atom. The van der Waals surface area contributed by atoms with Crippen molar-refractivity contribution in [3.05, 3.63) is 77.4 Å². The van der Waals surface area contributed by atoms with Gasteiger partial charge < -0.3 is 9.64 Å². The smallest absolute Gasteiger partial charge is 0.227 e. The van der Waals surface area contributed by atoms with Gasteiger partial charge in [0.15, 0.2) is 0 Å². The van der Waals surface area contributed by atoms with E-state index in [1.165, 1.54) is 34.7 Å². The van der Waals surface area contributed by atoms with E-state index in [2.05, 4.69) is 47.4 Å². The molecule has 0 aromatic heterocycles. The van der Waals surface area contributed by atoms with Crippen LogP contribution in [0.1, 0.15) is 42.0 Å². The van der Waals surface area contributed by atoms with Crippen LogP contribution in [0.2, 0.25) is 0 Å². The van der Waals surface area contributed by atoms with Gasteiger partial charge in [-0.1, -0.05) is 54.6 Å². The van der Waals surface area contributed by atoms with Gasteiger partial charge in [-0.05, 0) is 72.3 Å². The molecule has 4 heteroatoms. The Morgan fingerprint density at radius 1 is 1.03 bits per heavy atom. The largest absolute Gasteiger partial charge is 0.496 e. The lowest BCUT2D eigenvalue weighted by atomic mass is 9.81. The second-order valence-corrected chi connectivity index (χ2v) is 9.14. The lowest BCUT2D eigenvalue weighted by Crippen LogP contribution is -2.48. The van der Waals surface area contributed by atoms with Crippen LogP contribution >= 0.6 is 0 Å². The second-order valence-electron chi connectivity index (χ2n) is 9.14. The van der Waals surface area contributed by atoms with Gasteiger partial charge in [0.2, 0.25) is 5.91 Å². The van der Waals surface area contributed by atoms with Gasteiger partial charge in [-0.3, -0.25) is 9.69 Å². The number of ether oxygens (including phenoxy) is 1. The van der Waals surface area contributed by atoms with Crippen molar-refractivity contribution in [2.75, 3.05) is 27.2 Å². The Morgan fingerprint density at radius 2 is 1.78 bits per heavy atom. The van der Waals surface area contributed by atoms with E-state index in [0.717, 1.165) is 37.2 Å². The summed E-state index contributed by atoms with van der Waals surface area (Å²) in [5.41, 5.74) is 3.61. The fraction of sp³-hybridized carbons (Fsp3) is 0.393. The fourth-order valence-corrected chi connectivity index (χ4v) is 5.79. The number of nitrogens with zero attached hydrogens (tertiary/aromatic N) is 2. The molecule has 0 N–H and O–H groups in total. The van der Waals surface area contributed by atoms with Gasteiger partial charge >= 0.3 is 0 Å². The highest BCUT2D eigenvalue weighted by molar-refractivity contribution is 5.90. The molecule has 2 atom stereocenters. The number of fused-ring (bicyclic) bond motifs is 2. The molecule has 32 heavy (non-hydrogen) atoms. The number of amides is 1. The number of benzene rings is 3. The van der Waals surface area contributed by atoms with Crippen LogP contribution in [0.4, 0.5) is 0 Å². The van der Waals surface area contributed by atoms with Crippen molar-refractivity contribution < 1.29 is 9.53 Å². The average molecular weight is 429 g/mol. The van der Waals surface area contributed by atoms with Crippen LogP contribution < -0.4 is 4.74 Å². The third kappa shape index (κ3) is 3.77. The molecule has 1 saturated heterocycles. The number of carbonyl (C=O) groups excluding carboxylic acids is 1. The summed E-state index contributed by atoms with van der Waals surface area (Å²) < 4.78 is 5.69. The highest BCUT2D eigenvalue weighted by Gasteiger charge is 2.39. The summed E-state index contributed by atoms with van der Waals surface area (Å²) in [6.07, 6.45) is 4.98.